The summed E-state index contributed by atoms with van der Waals surface area (Å²) < 4.78 is 14.0. The molecule has 7 heteroatoms. The number of carbonyl (C=O) groups is 1. The molecule has 1 atom stereocenters. The van der Waals surface area contributed by atoms with Gasteiger partial charge in [0.25, 0.3) is 0 Å². The lowest BCUT2D eigenvalue weighted by atomic mass is 10.0. The number of hydrogen-bond donors (Lipinski definition) is 3. The van der Waals surface area contributed by atoms with E-state index in [-0.39, 0.29) is 0 Å². The minimum atomic E-state index is -0.446. The molecule has 1 fully saturated rings. The average molecular weight is 444 g/mol. The Balaban J connectivity index is 1.42. The van der Waals surface area contributed by atoms with E-state index in [1.807, 2.05) is 30.3 Å². The lowest BCUT2D eigenvalue weighted by Crippen LogP contribution is -2.27. The molecular formula is C26H26FN5O. The SMILES string of the molecule is CC1CCCN1Cc1cc(-c2ccccc2)ccc1NC(=O)Nc1cc(F)cc2[nH]ncc12. The number of benzene rings is 3. The lowest BCUT2D eigenvalue weighted by Gasteiger charge is -2.23. The van der Waals surface area contributed by atoms with E-state index in [0.717, 1.165) is 35.5 Å². The Morgan fingerprint density at radius 1 is 1.09 bits per heavy atom. The first-order chi connectivity index (χ1) is 16.1. The Morgan fingerprint density at radius 3 is 2.70 bits per heavy atom. The van der Waals surface area contributed by atoms with E-state index in [0.29, 0.717) is 22.6 Å². The monoisotopic (exact) mass is 443 g/mol. The van der Waals surface area contributed by atoms with E-state index in [4.69, 9.17) is 0 Å². The number of amides is 2. The molecule has 0 spiro atoms. The van der Waals surface area contributed by atoms with Crippen molar-refractivity contribution in [2.24, 2.45) is 0 Å². The molecule has 0 bridgehead atoms. The average Bonchev–Trinajstić information content (AvgIpc) is 3.44. The summed E-state index contributed by atoms with van der Waals surface area (Å²) in [4.78, 5) is 15.3. The third-order valence-corrected chi connectivity index (χ3v) is 6.30. The van der Waals surface area contributed by atoms with Crippen molar-refractivity contribution in [3.05, 3.63) is 78.2 Å². The summed E-state index contributed by atoms with van der Waals surface area (Å²) in [7, 11) is 0. The van der Waals surface area contributed by atoms with Crippen LogP contribution in [0.4, 0.5) is 20.6 Å². The van der Waals surface area contributed by atoms with E-state index in [9.17, 15) is 9.18 Å². The lowest BCUT2D eigenvalue weighted by molar-refractivity contribution is 0.259. The zero-order valence-corrected chi connectivity index (χ0v) is 18.4. The second-order valence-electron chi connectivity index (χ2n) is 8.56. The third kappa shape index (κ3) is 4.59. The predicted molar refractivity (Wildman–Crippen MR) is 130 cm³/mol. The number of halogens is 1. The minimum Gasteiger partial charge on any atom is -0.307 e. The zero-order chi connectivity index (χ0) is 22.8. The minimum absolute atomic E-state index is 0.367. The number of nitrogens with one attached hydrogen (secondary N) is 3. The van der Waals surface area contributed by atoms with Gasteiger partial charge in [-0.25, -0.2) is 9.18 Å². The number of urea groups is 1. The van der Waals surface area contributed by atoms with Crippen LogP contribution in [0.3, 0.4) is 0 Å². The van der Waals surface area contributed by atoms with Crippen LogP contribution in [0.25, 0.3) is 22.0 Å². The van der Waals surface area contributed by atoms with Crippen molar-refractivity contribution in [3.8, 4) is 11.1 Å². The first-order valence-electron chi connectivity index (χ1n) is 11.2. The van der Waals surface area contributed by atoms with Crippen LogP contribution in [0.1, 0.15) is 25.3 Å². The predicted octanol–water partition coefficient (Wildman–Crippen LogP) is 6.00. The molecule has 1 aliphatic heterocycles. The van der Waals surface area contributed by atoms with Gasteiger partial charge in [0, 0.05) is 23.7 Å². The summed E-state index contributed by atoms with van der Waals surface area (Å²) >= 11 is 0. The number of anilines is 2. The molecule has 5 rings (SSSR count). The summed E-state index contributed by atoms with van der Waals surface area (Å²) in [5.74, 6) is -0.446. The molecule has 2 amide bonds. The van der Waals surface area contributed by atoms with Gasteiger partial charge in [-0.1, -0.05) is 36.4 Å². The van der Waals surface area contributed by atoms with Crippen LogP contribution in [-0.2, 0) is 6.54 Å². The maximum atomic E-state index is 14.0. The zero-order valence-electron chi connectivity index (χ0n) is 18.4. The Bertz CT molecular complexity index is 1290. The van der Waals surface area contributed by atoms with E-state index in [1.165, 1.54) is 25.0 Å². The van der Waals surface area contributed by atoms with Gasteiger partial charge in [-0.2, -0.15) is 5.10 Å². The van der Waals surface area contributed by atoms with Gasteiger partial charge >= 0.3 is 6.03 Å². The van der Waals surface area contributed by atoms with Crippen LogP contribution >= 0.6 is 0 Å². The molecular weight excluding hydrogens is 417 g/mol. The molecule has 1 aliphatic rings. The molecule has 1 saturated heterocycles. The van der Waals surface area contributed by atoms with Gasteiger partial charge in [0.1, 0.15) is 5.82 Å². The number of hydrogen-bond acceptors (Lipinski definition) is 3. The van der Waals surface area contributed by atoms with Gasteiger partial charge in [-0.3, -0.25) is 10.00 Å². The standard InChI is InChI=1S/C26H26FN5O/c1-17-6-5-11-32(17)16-20-12-19(18-7-3-2-4-8-18)9-10-23(20)29-26(33)30-24-13-21(27)14-25-22(24)15-28-31-25/h2-4,7-10,12-15,17H,5-6,11,16H2,1H3,(H,28,31)(H2,29,30,33). The van der Waals surface area contributed by atoms with Gasteiger partial charge in [0.15, 0.2) is 0 Å². The van der Waals surface area contributed by atoms with Gasteiger partial charge in [0.2, 0.25) is 0 Å². The Morgan fingerprint density at radius 2 is 1.91 bits per heavy atom. The Hall–Kier alpha value is -3.71. The van der Waals surface area contributed by atoms with Gasteiger partial charge in [-0.05, 0) is 67.3 Å². The highest BCUT2D eigenvalue weighted by Gasteiger charge is 2.22. The van der Waals surface area contributed by atoms with Crippen LogP contribution < -0.4 is 10.6 Å². The van der Waals surface area contributed by atoms with Gasteiger partial charge < -0.3 is 10.6 Å². The van der Waals surface area contributed by atoms with Crippen LogP contribution in [0.5, 0.6) is 0 Å². The highest BCUT2D eigenvalue weighted by molar-refractivity contribution is 6.05. The Kier molecular flexibility index (Phi) is 5.79. The van der Waals surface area contributed by atoms with Crippen LogP contribution in [0, 0.1) is 5.82 Å². The van der Waals surface area contributed by atoms with Crippen molar-refractivity contribution >= 4 is 28.3 Å². The maximum Gasteiger partial charge on any atom is 0.323 e. The fourth-order valence-corrected chi connectivity index (χ4v) is 4.50. The molecule has 168 valence electrons. The van der Waals surface area contributed by atoms with Crippen LogP contribution in [-0.4, -0.2) is 33.7 Å². The molecule has 33 heavy (non-hydrogen) atoms. The largest absolute Gasteiger partial charge is 0.323 e. The van der Waals surface area contributed by atoms with Crippen molar-refractivity contribution in [1.29, 1.82) is 0 Å². The Labute approximate surface area is 191 Å². The van der Waals surface area contributed by atoms with Crippen molar-refractivity contribution in [2.45, 2.75) is 32.4 Å². The fourth-order valence-electron chi connectivity index (χ4n) is 4.50. The van der Waals surface area contributed by atoms with Crippen LogP contribution in [0.15, 0.2) is 66.9 Å². The van der Waals surface area contributed by atoms with Gasteiger partial charge in [0.05, 0.1) is 17.4 Å². The number of aromatic amines is 1. The molecule has 0 radical (unpaired) electrons. The first-order valence-corrected chi connectivity index (χ1v) is 11.2. The first kappa shape index (κ1) is 21.2. The summed E-state index contributed by atoms with van der Waals surface area (Å²) in [6, 6.07) is 19.0. The number of fused-ring (bicyclic) bond motifs is 1. The van der Waals surface area contributed by atoms with E-state index in [1.54, 1.807) is 6.20 Å². The fraction of sp³-hybridized carbons (Fsp3) is 0.231. The summed E-state index contributed by atoms with van der Waals surface area (Å²) in [5.41, 5.74) is 4.92. The molecule has 0 aliphatic carbocycles. The summed E-state index contributed by atoms with van der Waals surface area (Å²) in [5, 5.41) is 13.1. The smallest absolute Gasteiger partial charge is 0.307 e. The van der Waals surface area contributed by atoms with E-state index >= 15 is 0 Å². The topological polar surface area (TPSA) is 73.1 Å². The van der Waals surface area contributed by atoms with Crippen molar-refractivity contribution in [2.75, 3.05) is 17.2 Å². The normalized spacial score (nSPS) is 16.2. The van der Waals surface area contributed by atoms with E-state index < -0.39 is 11.8 Å². The molecule has 1 aromatic heterocycles. The number of aromatic nitrogens is 2. The number of nitrogens with zero attached hydrogens (tertiary/aromatic N) is 2. The highest BCUT2D eigenvalue weighted by Crippen LogP contribution is 2.29. The molecule has 6 nitrogen and oxygen atoms in total. The summed E-state index contributed by atoms with van der Waals surface area (Å²) in [6.45, 7) is 4.04. The quantitative estimate of drug-likeness (QED) is 0.354. The number of rotatable bonds is 5. The molecule has 4 aromatic rings. The second kappa shape index (κ2) is 9.03. The molecule has 0 saturated carbocycles. The highest BCUT2D eigenvalue weighted by atomic mass is 19.1. The molecule has 1 unspecified atom stereocenters. The van der Waals surface area contributed by atoms with E-state index in [2.05, 4.69) is 50.9 Å². The second-order valence-corrected chi connectivity index (χ2v) is 8.56. The molecule has 3 aromatic carbocycles. The maximum absolute atomic E-state index is 14.0. The number of likely N-dealkylation sites (tertiary alicyclic amines) is 1. The third-order valence-electron chi connectivity index (χ3n) is 6.30. The number of H-pyrrole nitrogens is 1. The molecule has 2 heterocycles. The van der Waals surface area contributed by atoms with Crippen molar-refractivity contribution in [3.63, 3.8) is 0 Å². The summed E-state index contributed by atoms with van der Waals surface area (Å²) in [6.07, 6.45) is 3.93. The molecule has 3 N–H and O–H groups in total. The van der Waals surface area contributed by atoms with Gasteiger partial charge in [-0.15, -0.1) is 0 Å². The van der Waals surface area contributed by atoms with Crippen LogP contribution in [0.2, 0.25) is 0 Å². The number of carbonyl (C=O) groups excluding carboxylic acids is 1. The van der Waals surface area contributed by atoms with Crippen molar-refractivity contribution in [1.82, 2.24) is 15.1 Å². The van der Waals surface area contributed by atoms with Crippen molar-refractivity contribution < 1.29 is 9.18 Å².